The van der Waals surface area contributed by atoms with Gasteiger partial charge in [-0.15, -0.1) is 6.58 Å². The van der Waals surface area contributed by atoms with E-state index >= 15 is 0 Å². The van der Waals surface area contributed by atoms with Crippen LogP contribution in [-0.4, -0.2) is 34.3 Å². The van der Waals surface area contributed by atoms with Gasteiger partial charge in [-0.25, -0.2) is 0 Å². The minimum atomic E-state index is -0.406. The van der Waals surface area contributed by atoms with Gasteiger partial charge < -0.3 is 10.0 Å². The van der Waals surface area contributed by atoms with Crippen molar-refractivity contribution in [3.05, 3.63) is 168 Å². The highest BCUT2D eigenvalue weighted by molar-refractivity contribution is 6.24. The second kappa shape index (κ2) is 11.6. The van der Waals surface area contributed by atoms with Crippen molar-refractivity contribution in [2.75, 3.05) is 18.0 Å². The zero-order valence-electron chi connectivity index (χ0n) is 28.1. The van der Waals surface area contributed by atoms with Gasteiger partial charge in [0.2, 0.25) is 11.5 Å². The first-order valence-corrected chi connectivity index (χ1v) is 16.5. The van der Waals surface area contributed by atoms with Gasteiger partial charge in [-0.2, -0.15) is 4.58 Å². The van der Waals surface area contributed by atoms with Crippen LogP contribution in [0.4, 0.5) is 11.4 Å². The van der Waals surface area contributed by atoms with Gasteiger partial charge in [0.05, 0.1) is 16.6 Å². The molecule has 4 aromatic rings. The molecule has 238 valence electrons. The number of anilines is 1. The van der Waals surface area contributed by atoms with Crippen molar-refractivity contribution in [1.82, 2.24) is 0 Å². The Kier molecular flexibility index (Phi) is 7.55. The van der Waals surface area contributed by atoms with Crippen molar-refractivity contribution in [3.63, 3.8) is 0 Å². The largest absolute Gasteiger partial charge is 0.506 e. The van der Waals surface area contributed by atoms with E-state index in [1.807, 2.05) is 60.7 Å². The van der Waals surface area contributed by atoms with Gasteiger partial charge in [0.25, 0.3) is 0 Å². The zero-order chi connectivity index (χ0) is 33.8. The summed E-state index contributed by atoms with van der Waals surface area (Å²) in [5.74, 6) is -0.122. The summed E-state index contributed by atoms with van der Waals surface area (Å²) in [6, 6.07) is 33.8. The Hall–Kier alpha value is -5.48. The summed E-state index contributed by atoms with van der Waals surface area (Å²) in [6.45, 7) is 17.9. The standard InChI is InChI=1S/C44H40N2O2/c1-7-23-45-37-21-19-31(29-15-11-9-12-16-29)25-35(37)43(3,4)39(45)27-33-41(47)34(42(33)48)28-40-44(5,6)36-26-32(30-17-13-10-14-18-30)20-22-38(36)46(40)24-8-2/h7-22,25-28H,1-2,23-24H2,3-6H3/p+1. The molecule has 2 heterocycles. The molecule has 0 fully saturated rings. The average molecular weight is 630 g/mol. The number of hydrogen-bond donors (Lipinski definition) is 1. The molecule has 0 saturated carbocycles. The molecule has 0 amide bonds. The Morgan fingerprint density at radius 1 is 0.729 bits per heavy atom. The Morgan fingerprint density at radius 2 is 1.33 bits per heavy atom. The number of carbonyl (C=O) groups is 1. The fourth-order valence-electron chi connectivity index (χ4n) is 7.53. The fourth-order valence-corrected chi connectivity index (χ4v) is 7.53. The molecule has 0 aromatic heterocycles. The lowest BCUT2D eigenvalue weighted by Crippen LogP contribution is -2.32. The molecule has 2 aliphatic heterocycles. The van der Waals surface area contributed by atoms with Crippen LogP contribution >= 0.6 is 0 Å². The van der Waals surface area contributed by atoms with Crippen molar-refractivity contribution in [1.29, 1.82) is 0 Å². The first-order chi connectivity index (χ1) is 23.1. The van der Waals surface area contributed by atoms with Crippen LogP contribution in [-0.2, 0) is 15.6 Å². The fraction of sp³-hybridized carbons (Fsp3) is 0.182. The highest BCUT2D eigenvalue weighted by Gasteiger charge is 2.47. The van der Waals surface area contributed by atoms with E-state index in [9.17, 15) is 9.90 Å². The Morgan fingerprint density at radius 3 is 1.92 bits per heavy atom. The highest BCUT2D eigenvalue weighted by atomic mass is 16.3. The van der Waals surface area contributed by atoms with Crippen LogP contribution in [0, 0.1) is 0 Å². The Labute approximate surface area is 283 Å². The SMILES string of the molecule is C=CCN1/C(=C/C2=C(O)C(=C/C3=[N+](CC=C)c4ccc(-c5ccccc5)cc4C3(C)C)/C2=O)C(C)(C)c2cc(-c3ccccc3)ccc21. The third-order valence-electron chi connectivity index (χ3n) is 10.2. The summed E-state index contributed by atoms with van der Waals surface area (Å²) in [4.78, 5) is 16.1. The lowest BCUT2D eigenvalue weighted by molar-refractivity contribution is -0.425. The van der Waals surface area contributed by atoms with E-state index in [2.05, 4.69) is 111 Å². The minimum Gasteiger partial charge on any atom is -0.506 e. The van der Waals surface area contributed by atoms with E-state index in [1.165, 1.54) is 11.1 Å². The normalized spacial score (nSPS) is 19.1. The zero-order valence-corrected chi connectivity index (χ0v) is 28.1. The average Bonchev–Trinajstić information content (AvgIpc) is 3.44. The van der Waals surface area contributed by atoms with Gasteiger partial charge in [-0.05, 0) is 78.1 Å². The molecule has 0 unspecified atom stereocenters. The first-order valence-electron chi connectivity index (χ1n) is 16.5. The number of aliphatic hydroxyl groups is 1. The molecule has 7 rings (SSSR count). The molecular weight excluding hydrogens is 588 g/mol. The number of nitrogens with zero attached hydrogens (tertiary/aromatic N) is 2. The van der Waals surface area contributed by atoms with Crippen LogP contribution in [0.25, 0.3) is 22.3 Å². The highest BCUT2D eigenvalue weighted by Crippen LogP contribution is 2.50. The molecule has 3 aliphatic rings. The molecule has 0 atom stereocenters. The maximum atomic E-state index is 13.9. The van der Waals surface area contributed by atoms with Crippen LogP contribution in [0.3, 0.4) is 0 Å². The van der Waals surface area contributed by atoms with Crippen LogP contribution in [0.1, 0.15) is 38.8 Å². The van der Waals surface area contributed by atoms with Gasteiger partial charge in [-0.1, -0.05) is 93.2 Å². The molecule has 4 aromatic carbocycles. The monoisotopic (exact) mass is 629 g/mol. The number of allylic oxidation sites excluding steroid dienone is 5. The van der Waals surface area contributed by atoms with E-state index < -0.39 is 10.8 Å². The van der Waals surface area contributed by atoms with Crippen LogP contribution in [0.5, 0.6) is 0 Å². The number of aliphatic hydroxyl groups excluding tert-OH is 1. The summed E-state index contributed by atoms with van der Waals surface area (Å²) >= 11 is 0. The van der Waals surface area contributed by atoms with Crippen molar-refractivity contribution >= 4 is 22.9 Å². The van der Waals surface area contributed by atoms with Gasteiger partial charge in [0, 0.05) is 41.1 Å². The maximum Gasteiger partial charge on any atom is 0.210 e. The van der Waals surface area contributed by atoms with E-state index in [4.69, 9.17) is 0 Å². The predicted octanol–water partition coefficient (Wildman–Crippen LogP) is 9.77. The van der Waals surface area contributed by atoms with E-state index in [0.29, 0.717) is 24.2 Å². The number of rotatable bonds is 8. The summed E-state index contributed by atoms with van der Waals surface area (Å²) < 4.78 is 2.20. The quantitative estimate of drug-likeness (QED) is 0.120. The van der Waals surface area contributed by atoms with Crippen molar-refractivity contribution in [2.45, 2.75) is 38.5 Å². The number of carbonyl (C=O) groups excluding carboxylic acids is 1. The molecule has 0 spiro atoms. The van der Waals surface area contributed by atoms with Crippen LogP contribution in [0.15, 0.2) is 157 Å². The van der Waals surface area contributed by atoms with Crippen LogP contribution < -0.4 is 4.90 Å². The summed E-state index contributed by atoms with van der Waals surface area (Å²) in [6.07, 6.45) is 7.52. The van der Waals surface area contributed by atoms with Crippen molar-refractivity contribution in [2.24, 2.45) is 0 Å². The predicted molar refractivity (Wildman–Crippen MR) is 198 cm³/mol. The second-order valence-corrected chi connectivity index (χ2v) is 13.8. The van der Waals surface area contributed by atoms with Gasteiger partial charge in [0.1, 0.15) is 5.76 Å². The lowest BCUT2D eigenvalue weighted by Gasteiger charge is -2.28. The molecule has 4 heteroatoms. The molecule has 1 aliphatic carbocycles. The number of hydrogen-bond acceptors (Lipinski definition) is 3. The molecule has 0 radical (unpaired) electrons. The number of fused-ring (bicyclic) bond motifs is 2. The summed E-state index contributed by atoms with van der Waals surface area (Å²) in [5.41, 5.74) is 10.9. The lowest BCUT2D eigenvalue weighted by atomic mass is 9.77. The summed E-state index contributed by atoms with van der Waals surface area (Å²) in [7, 11) is 0. The second-order valence-electron chi connectivity index (χ2n) is 13.8. The molecule has 4 nitrogen and oxygen atoms in total. The minimum absolute atomic E-state index is 0.0329. The smallest absolute Gasteiger partial charge is 0.210 e. The molecule has 0 saturated heterocycles. The van der Waals surface area contributed by atoms with Gasteiger partial charge >= 0.3 is 0 Å². The van der Waals surface area contributed by atoms with Crippen molar-refractivity contribution < 1.29 is 14.5 Å². The Balaban J connectivity index is 1.27. The van der Waals surface area contributed by atoms with Crippen molar-refractivity contribution in [3.8, 4) is 22.3 Å². The number of ketones is 1. The maximum absolute atomic E-state index is 13.9. The third kappa shape index (κ3) is 4.83. The summed E-state index contributed by atoms with van der Waals surface area (Å²) in [5, 5.41) is 11.5. The third-order valence-corrected chi connectivity index (χ3v) is 10.2. The van der Waals surface area contributed by atoms with E-state index in [0.717, 1.165) is 45.0 Å². The first kappa shape index (κ1) is 31.1. The van der Waals surface area contributed by atoms with E-state index in [1.54, 1.807) is 0 Å². The molecule has 1 N–H and O–H groups in total. The molecular formula is C44H41N2O2+. The molecule has 48 heavy (non-hydrogen) atoms. The number of Topliss-reactive ketones (excluding diaryl/α,β-unsaturated/α-hetero) is 1. The molecule has 0 bridgehead atoms. The van der Waals surface area contributed by atoms with Gasteiger partial charge in [0.15, 0.2) is 12.3 Å². The van der Waals surface area contributed by atoms with E-state index in [-0.39, 0.29) is 11.5 Å². The number of benzene rings is 4. The Bertz CT molecular complexity index is 2130. The topological polar surface area (TPSA) is 43.5 Å². The van der Waals surface area contributed by atoms with Crippen LogP contribution in [0.2, 0.25) is 0 Å². The van der Waals surface area contributed by atoms with Gasteiger partial charge in [-0.3, -0.25) is 4.79 Å².